The Labute approximate surface area is 71.5 Å². The lowest BCUT2D eigenvalue weighted by Crippen LogP contribution is -2.41. The molecule has 0 aromatic heterocycles. The van der Waals surface area contributed by atoms with Crippen molar-refractivity contribution in [3.05, 3.63) is 0 Å². The van der Waals surface area contributed by atoms with Crippen molar-refractivity contribution in [3.8, 4) is 0 Å². The lowest BCUT2D eigenvalue weighted by Gasteiger charge is -2.09. The Morgan fingerprint density at radius 3 is 2.42 bits per heavy atom. The summed E-state index contributed by atoms with van der Waals surface area (Å²) < 4.78 is 4.87. The van der Waals surface area contributed by atoms with Crippen molar-refractivity contribution in [2.24, 2.45) is 0 Å². The van der Waals surface area contributed by atoms with E-state index in [0.29, 0.717) is 6.54 Å². The van der Waals surface area contributed by atoms with E-state index < -0.39 is 11.8 Å². The second kappa shape index (κ2) is 5.54. The third-order valence-corrected chi connectivity index (χ3v) is 1.39. The van der Waals surface area contributed by atoms with Crippen LogP contribution in [-0.2, 0) is 14.3 Å². The van der Waals surface area contributed by atoms with Crippen LogP contribution in [0.3, 0.4) is 0 Å². The Morgan fingerprint density at radius 2 is 2.00 bits per heavy atom. The van der Waals surface area contributed by atoms with Crippen LogP contribution < -0.4 is 10.6 Å². The summed E-state index contributed by atoms with van der Waals surface area (Å²) in [5, 5.41) is 4.62. The fourth-order valence-corrected chi connectivity index (χ4v) is 0.514. The van der Waals surface area contributed by atoms with Gasteiger partial charge in [0, 0.05) is 20.7 Å². The minimum atomic E-state index is -0.640. The minimum Gasteiger partial charge on any atom is -0.380 e. The Bertz CT molecular complexity index is 170. The van der Waals surface area contributed by atoms with Gasteiger partial charge in [0.05, 0.1) is 6.10 Å². The average molecular weight is 174 g/mol. The van der Waals surface area contributed by atoms with Gasteiger partial charge in [0.2, 0.25) is 0 Å². The molecule has 0 aliphatic heterocycles. The molecule has 5 nitrogen and oxygen atoms in total. The molecule has 0 spiro atoms. The van der Waals surface area contributed by atoms with Gasteiger partial charge in [-0.25, -0.2) is 0 Å². The molecule has 0 fully saturated rings. The molecule has 0 aromatic rings. The number of carbonyl (C=O) groups is 2. The molecular weight excluding hydrogens is 160 g/mol. The van der Waals surface area contributed by atoms with Gasteiger partial charge in [0.1, 0.15) is 0 Å². The molecule has 1 atom stereocenters. The molecule has 1 unspecified atom stereocenters. The zero-order valence-corrected chi connectivity index (χ0v) is 7.51. The number of nitrogens with one attached hydrogen (secondary N) is 2. The molecule has 0 rings (SSSR count). The third-order valence-electron chi connectivity index (χ3n) is 1.39. The van der Waals surface area contributed by atoms with Gasteiger partial charge in [-0.1, -0.05) is 0 Å². The molecule has 12 heavy (non-hydrogen) atoms. The largest absolute Gasteiger partial charge is 0.380 e. The molecule has 0 saturated carbocycles. The molecule has 0 aliphatic carbocycles. The Morgan fingerprint density at radius 1 is 1.42 bits per heavy atom. The van der Waals surface area contributed by atoms with Crippen molar-refractivity contribution in [2.45, 2.75) is 13.0 Å². The summed E-state index contributed by atoms with van der Waals surface area (Å²) in [6.45, 7) is 2.13. The van der Waals surface area contributed by atoms with Crippen molar-refractivity contribution >= 4 is 11.8 Å². The number of likely N-dealkylation sites (N-methyl/N-ethyl adjacent to an activating group) is 1. The second-order valence-electron chi connectivity index (χ2n) is 2.34. The van der Waals surface area contributed by atoms with Crippen molar-refractivity contribution < 1.29 is 14.3 Å². The number of hydrogen-bond acceptors (Lipinski definition) is 3. The first-order valence-corrected chi connectivity index (χ1v) is 3.64. The summed E-state index contributed by atoms with van der Waals surface area (Å²) in [7, 11) is 2.94. The summed E-state index contributed by atoms with van der Waals surface area (Å²) in [6, 6.07) is 0. The van der Waals surface area contributed by atoms with E-state index in [4.69, 9.17) is 4.74 Å². The van der Waals surface area contributed by atoms with Crippen LogP contribution in [0.4, 0.5) is 0 Å². The van der Waals surface area contributed by atoms with Crippen LogP contribution in [0.5, 0.6) is 0 Å². The summed E-state index contributed by atoms with van der Waals surface area (Å²) in [4.78, 5) is 21.5. The van der Waals surface area contributed by atoms with Crippen LogP contribution in [0, 0.1) is 0 Å². The van der Waals surface area contributed by atoms with Crippen molar-refractivity contribution in [2.75, 3.05) is 20.7 Å². The second-order valence-corrected chi connectivity index (χ2v) is 2.34. The van der Waals surface area contributed by atoms with E-state index in [1.807, 2.05) is 0 Å². The number of carbonyl (C=O) groups excluding carboxylic acids is 2. The zero-order valence-electron chi connectivity index (χ0n) is 7.51. The maximum Gasteiger partial charge on any atom is 0.309 e. The number of methoxy groups -OCH3 is 1. The monoisotopic (exact) mass is 174 g/mol. The highest BCUT2D eigenvalue weighted by atomic mass is 16.5. The molecule has 70 valence electrons. The van der Waals surface area contributed by atoms with Crippen LogP contribution in [-0.4, -0.2) is 38.6 Å². The first kappa shape index (κ1) is 10.9. The molecule has 0 heterocycles. The molecule has 0 aliphatic rings. The van der Waals surface area contributed by atoms with E-state index in [0.717, 1.165) is 0 Å². The van der Waals surface area contributed by atoms with Crippen molar-refractivity contribution in [1.82, 2.24) is 10.6 Å². The van der Waals surface area contributed by atoms with Crippen molar-refractivity contribution in [3.63, 3.8) is 0 Å². The van der Waals surface area contributed by atoms with E-state index >= 15 is 0 Å². The fraction of sp³-hybridized carbons (Fsp3) is 0.714. The lowest BCUT2D eigenvalue weighted by molar-refractivity contribution is -0.139. The zero-order chi connectivity index (χ0) is 9.56. The van der Waals surface area contributed by atoms with Gasteiger partial charge < -0.3 is 15.4 Å². The van der Waals surface area contributed by atoms with Crippen molar-refractivity contribution in [1.29, 1.82) is 0 Å². The van der Waals surface area contributed by atoms with Gasteiger partial charge in [-0.15, -0.1) is 0 Å². The highest BCUT2D eigenvalue weighted by Crippen LogP contribution is 1.82. The van der Waals surface area contributed by atoms with E-state index in [2.05, 4.69) is 10.6 Å². The Kier molecular flexibility index (Phi) is 5.03. The van der Waals surface area contributed by atoms with Gasteiger partial charge in [-0.3, -0.25) is 9.59 Å². The van der Waals surface area contributed by atoms with Crippen LogP contribution in [0.2, 0.25) is 0 Å². The van der Waals surface area contributed by atoms with Gasteiger partial charge in [0.25, 0.3) is 0 Å². The molecule has 0 radical (unpaired) electrons. The van der Waals surface area contributed by atoms with Gasteiger partial charge >= 0.3 is 11.8 Å². The SMILES string of the molecule is CNC(=O)C(=O)NCC(C)OC. The average Bonchev–Trinajstić information content (AvgIpc) is 2.11. The van der Waals surface area contributed by atoms with Gasteiger partial charge in [-0.2, -0.15) is 0 Å². The third kappa shape index (κ3) is 3.92. The summed E-state index contributed by atoms with van der Waals surface area (Å²) in [6.07, 6.45) is -0.0846. The standard InChI is InChI=1S/C7H14N2O3/c1-5(12-3)4-9-7(11)6(10)8-2/h5H,4H2,1-3H3,(H,8,10)(H,9,11). The quantitative estimate of drug-likeness (QED) is 0.533. The number of amides is 2. The molecule has 2 amide bonds. The first-order valence-electron chi connectivity index (χ1n) is 3.64. The minimum absolute atomic E-state index is 0.0846. The highest BCUT2D eigenvalue weighted by Gasteiger charge is 2.11. The fourth-order valence-electron chi connectivity index (χ4n) is 0.514. The molecule has 0 bridgehead atoms. The van der Waals surface area contributed by atoms with Crippen LogP contribution in [0.15, 0.2) is 0 Å². The topological polar surface area (TPSA) is 67.4 Å². The maximum absolute atomic E-state index is 10.8. The molecule has 0 saturated heterocycles. The Balaban J connectivity index is 3.64. The predicted octanol–water partition coefficient (Wildman–Crippen LogP) is -1.12. The number of rotatable bonds is 3. The van der Waals surface area contributed by atoms with Crippen LogP contribution in [0.25, 0.3) is 0 Å². The summed E-state index contributed by atoms with van der Waals surface area (Å²) in [5.74, 6) is -1.28. The number of hydrogen-bond donors (Lipinski definition) is 2. The smallest absolute Gasteiger partial charge is 0.309 e. The van der Waals surface area contributed by atoms with E-state index in [1.54, 1.807) is 6.92 Å². The molecule has 2 N–H and O–H groups in total. The van der Waals surface area contributed by atoms with Crippen LogP contribution >= 0.6 is 0 Å². The predicted molar refractivity (Wildman–Crippen MR) is 43.5 cm³/mol. The molecular formula is C7H14N2O3. The van der Waals surface area contributed by atoms with E-state index in [9.17, 15) is 9.59 Å². The highest BCUT2D eigenvalue weighted by molar-refractivity contribution is 6.34. The number of ether oxygens (including phenoxy) is 1. The maximum atomic E-state index is 10.8. The lowest BCUT2D eigenvalue weighted by atomic mass is 10.4. The van der Waals surface area contributed by atoms with Gasteiger partial charge in [-0.05, 0) is 6.92 Å². The summed E-state index contributed by atoms with van der Waals surface area (Å²) in [5.41, 5.74) is 0. The first-order chi connectivity index (χ1) is 5.61. The summed E-state index contributed by atoms with van der Waals surface area (Å²) >= 11 is 0. The van der Waals surface area contributed by atoms with Crippen LogP contribution in [0.1, 0.15) is 6.92 Å². The van der Waals surface area contributed by atoms with E-state index in [1.165, 1.54) is 14.2 Å². The van der Waals surface area contributed by atoms with Gasteiger partial charge in [0.15, 0.2) is 0 Å². The Hall–Kier alpha value is -1.10. The molecule has 0 aromatic carbocycles. The van der Waals surface area contributed by atoms with E-state index in [-0.39, 0.29) is 6.10 Å². The molecule has 5 heteroatoms. The normalized spacial score (nSPS) is 11.9.